The topological polar surface area (TPSA) is 79.0 Å². The molecule has 0 aromatic heterocycles. The third-order valence-electron chi connectivity index (χ3n) is 5.30. The predicted molar refractivity (Wildman–Crippen MR) is 118 cm³/mol. The number of nitrogens with one attached hydrogen (secondary N) is 1. The van der Waals surface area contributed by atoms with Gasteiger partial charge in [0.2, 0.25) is 10.0 Å². The smallest absolute Gasteiger partial charge is 0.337 e. The van der Waals surface area contributed by atoms with E-state index in [1.165, 1.54) is 23.5 Å². The van der Waals surface area contributed by atoms with Crippen molar-refractivity contribution in [2.75, 3.05) is 43.3 Å². The Bertz CT molecular complexity index is 1020. The highest BCUT2D eigenvalue weighted by atomic mass is 32.2. The van der Waals surface area contributed by atoms with Crippen molar-refractivity contribution in [2.45, 2.75) is 20.0 Å². The molecule has 0 radical (unpaired) electrons. The maximum absolute atomic E-state index is 14.7. The van der Waals surface area contributed by atoms with E-state index in [1.807, 2.05) is 18.2 Å². The number of hydrogen-bond donors (Lipinski definition) is 1. The van der Waals surface area contributed by atoms with Crippen molar-refractivity contribution < 1.29 is 22.3 Å². The Labute approximate surface area is 182 Å². The molecule has 0 unspecified atom stereocenters. The van der Waals surface area contributed by atoms with Crippen LogP contribution in [0.25, 0.3) is 0 Å². The molecule has 0 bridgehead atoms. The summed E-state index contributed by atoms with van der Waals surface area (Å²) in [4.78, 5) is 13.9. The van der Waals surface area contributed by atoms with Gasteiger partial charge in [0.1, 0.15) is 5.82 Å². The van der Waals surface area contributed by atoms with Crippen molar-refractivity contribution in [1.29, 1.82) is 0 Å². The summed E-state index contributed by atoms with van der Waals surface area (Å²) in [5.74, 6) is -1.42. The molecule has 0 aliphatic carbocycles. The number of carbonyl (C=O) groups excluding carboxylic acids is 1. The number of methoxy groups -OCH3 is 1. The van der Waals surface area contributed by atoms with Crippen LogP contribution in [0, 0.1) is 5.82 Å². The molecule has 2 aromatic rings. The fourth-order valence-corrected chi connectivity index (χ4v) is 4.60. The van der Waals surface area contributed by atoms with Gasteiger partial charge in [0, 0.05) is 38.3 Å². The lowest BCUT2D eigenvalue weighted by Crippen LogP contribution is -2.42. The van der Waals surface area contributed by atoms with Crippen molar-refractivity contribution in [3.63, 3.8) is 0 Å². The number of benzene rings is 2. The van der Waals surface area contributed by atoms with Gasteiger partial charge in [0.05, 0.1) is 30.7 Å². The molecule has 7 nitrogen and oxygen atoms in total. The lowest BCUT2D eigenvalue weighted by atomic mass is 10.1. The minimum Gasteiger partial charge on any atom is -0.465 e. The summed E-state index contributed by atoms with van der Waals surface area (Å²) in [6, 6.07) is 11.3. The minimum atomic E-state index is -3.66. The number of rotatable bonds is 8. The molecule has 1 aliphatic heterocycles. The highest BCUT2D eigenvalue weighted by molar-refractivity contribution is 7.92. The van der Waals surface area contributed by atoms with E-state index in [9.17, 15) is 17.6 Å². The summed E-state index contributed by atoms with van der Waals surface area (Å²) in [6.07, 6.45) is 0. The zero-order chi connectivity index (χ0) is 22.4. The Morgan fingerprint density at radius 1 is 1.19 bits per heavy atom. The van der Waals surface area contributed by atoms with Crippen molar-refractivity contribution >= 4 is 21.7 Å². The zero-order valence-corrected chi connectivity index (χ0v) is 18.6. The monoisotopic (exact) mass is 449 g/mol. The Balaban J connectivity index is 1.88. The molecule has 1 aliphatic rings. The summed E-state index contributed by atoms with van der Waals surface area (Å²) in [5, 5.41) is 3.31. The minimum absolute atomic E-state index is 0.0756. The highest BCUT2D eigenvalue weighted by Gasteiger charge is 2.23. The molecule has 168 valence electrons. The molecule has 2 aromatic carbocycles. The summed E-state index contributed by atoms with van der Waals surface area (Å²) in [7, 11) is -2.44. The van der Waals surface area contributed by atoms with E-state index >= 15 is 0 Å². The van der Waals surface area contributed by atoms with Crippen LogP contribution in [0.1, 0.15) is 28.4 Å². The second kappa shape index (κ2) is 10.2. The molecule has 1 fully saturated rings. The Morgan fingerprint density at radius 2 is 1.94 bits per heavy atom. The van der Waals surface area contributed by atoms with E-state index in [4.69, 9.17) is 0 Å². The highest BCUT2D eigenvalue weighted by Crippen LogP contribution is 2.25. The van der Waals surface area contributed by atoms with Crippen LogP contribution in [0.3, 0.4) is 0 Å². The normalized spacial score (nSPS) is 14.9. The number of piperazine rings is 1. The predicted octanol–water partition coefficient (Wildman–Crippen LogP) is 2.37. The van der Waals surface area contributed by atoms with Gasteiger partial charge in [-0.15, -0.1) is 0 Å². The standard InChI is InChI=1S/C22H28FN3O4S/c1-3-31(28,29)26(16-19-8-7-18(14-21(19)23)22(27)30-2)20-6-4-5-17(13-20)15-25-11-9-24-10-12-25/h4-8,13-14,24H,3,9-12,15-16H2,1-2H3. The van der Waals surface area contributed by atoms with Crippen LogP contribution in [-0.4, -0.2) is 58.3 Å². The molecule has 0 saturated carbocycles. The van der Waals surface area contributed by atoms with Crippen LogP contribution >= 0.6 is 0 Å². The summed E-state index contributed by atoms with van der Waals surface area (Å²) >= 11 is 0. The fraction of sp³-hybridized carbons (Fsp3) is 0.409. The number of sulfonamides is 1. The van der Waals surface area contributed by atoms with E-state index in [0.717, 1.165) is 44.4 Å². The second-order valence-corrected chi connectivity index (χ2v) is 9.58. The van der Waals surface area contributed by atoms with Gasteiger partial charge in [-0.1, -0.05) is 18.2 Å². The molecule has 31 heavy (non-hydrogen) atoms. The first-order valence-electron chi connectivity index (χ1n) is 10.2. The van der Waals surface area contributed by atoms with Gasteiger partial charge in [-0.2, -0.15) is 0 Å². The Hall–Kier alpha value is -2.49. The van der Waals surface area contributed by atoms with Gasteiger partial charge < -0.3 is 10.1 Å². The van der Waals surface area contributed by atoms with Crippen LogP contribution in [0.5, 0.6) is 0 Å². The molecular weight excluding hydrogens is 421 g/mol. The van der Waals surface area contributed by atoms with Gasteiger partial charge in [0.15, 0.2) is 0 Å². The quantitative estimate of drug-likeness (QED) is 0.624. The third-order valence-corrected chi connectivity index (χ3v) is 7.04. The maximum Gasteiger partial charge on any atom is 0.337 e. The summed E-state index contributed by atoms with van der Waals surface area (Å²) < 4.78 is 46.2. The summed E-state index contributed by atoms with van der Waals surface area (Å²) in [6.45, 7) is 5.83. The molecule has 1 N–H and O–H groups in total. The average molecular weight is 450 g/mol. The van der Waals surface area contributed by atoms with Crippen LogP contribution in [0.15, 0.2) is 42.5 Å². The number of ether oxygens (including phenoxy) is 1. The SMILES string of the molecule is CCS(=O)(=O)N(Cc1ccc(C(=O)OC)cc1F)c1cccc(CN2CCNCC2)c1. The molecule has 1 heterocycles. The summed E-state index contributed by atoms with van der Waals surface area (Å²) in [5.41, 5.74) is 1.74. The van der Waals surface area contributed by atoms with Gasteiger partial charge in [-0.05, 0) is 36.8 Å². The van der Waals surface area contributed by atoms with Crippen molar-refractivity contribution in [1.82, 2.24) is 10.2 Å². The number of nitrogens with zero attached hydrogens (tertiary/aromatic N) is 2. The average Bonchev–Trinajstić information content (AvgIpc) is 2.78. The van der Waals surface area contributed by atoms with Gasteiger partial charge >= 0.3 is 5.97 Å². The number of anilines is 1. The van der Waals surface area contributed by atoms with E-state index in [1.54, 1.807) is 13.0 Å². The maximum atomic E-state index is 14.7. The molecule has 0 amide bonds. The first-order chi connectivity index (χ1) is 14.8. The number of esters is 1. The number of halogens is 1. The van der Waals surface area contributed by atoms with Crippen molar-refractivity contribution in [3.05, 3.63) is 65.0 Å². The Morgan fingerprint density at radius 3 is 2.58 bits per heavy atom. The van der Waals surface area contributed by atoms with E-state index in [2.05, 4.69) is 15.0 Å². The van der Waals surface area contributed by atoms with Crippen molar-refractivity contribution in [3.8, 4) is 0 Å². The van der Waals surface area contributed by atoms with E-state index < -0.39 is 21.8 Å². The van der Waals surface area contributed by atoms with E-state index in [-0.39, 0.29) is 23.4 Å². The van der Waals surface area contributed by atoms with Gasteiger partial charge in [-0.25, -0.2) is 17.6 Å². The van der Waals surface area contributed by atoms with Crippen LogP contribution in [-0.2, 0) is 27.8 Å². The lowest BCUT2D eigenvalue weighted by Gasteiger charge is -2.28. The molecule has 3 rings (SSSR count). The third kappa shape index (κ3) is 5.81. The lowest BCUT2D eigenvalue weighted by molar-refractivity contribution is 0.0600. The molecular formula is C22H28FN3O4S. The molecule has 0 spiro atoms. The van der Waals surface area contributed by atoms with Crippen LogP contribution < -0.4 is 9.62 Å². The van der Waals surface area contributed by atoms with Crippen molar-refractivity contribution in [2.24, 2.45) is 0 Å². The largest absolute Gasteiger partial charge is 0.465 e. The van der Waals surface area contributed by atoms with Crippen LogP contribution in [0.2, 0.25) is 0 Å². The Kier molecular flexibility index (Phi) is 7.64. The molecule has 1 saturated heterocycles. The number of carbonyl (C=O) groups is 1. The first kappa shape index (κ1) is 23.2. The molecule has 0 atom stereocenters. The zero-order valence-electron chi connectivity index (χ0n) is 17.8. The van der Waals surface area contributed by atoms with E-state index in [0.29, 0.717) is 5.69 Å². The fourth-order valence-electron chi connectivity index (χ4n) is 3.52. The van der Waals surface area contributed by atoms with Crippen LogP contribution in [0.4, 0.5) is 10.1 Å². The first-order valence-corrected chi connectivity index (χ1v) is 11.8. The van der Waals surface area contributed by atoms with Gasteiger partial charge in [0.25, 0.3) is 0 Å². The van der Waals surface area contributed by atoms with Gasteiger partial charge in [-0.3, -0.25) is 9.21 Å². The number of hydrogen-bond acceptors (Lipinski definition) is 6. The molecule has 9 heteroatoms. The second-order valence-electron chi connectivity index (χ2n) is 7.40.